The fourth-order valence-corrected chi connectivity index (χ4v) is 5.25. The van der Waals surface area contributed by atoms with Crippen molar-refractivity contribution in [2.45, 2.75) is 40.7 Å². The van der Waals surface area contributed by atoms with E-state index in [0.29, 0.717) is 0 Å². The maximum atomic E-state index is 5.82. The number of morpholine rings is 1. The predicted octanol–water partition coefficient (Wildman–Crippen LogP) is 4.50. The summed E-state index contributed by atoms with van der Waals surface area (Å²) in [5, 5.41) is 8.30. The smallest absolute Gasteiger partial charge is 0.151 e. The number of benzene rings is 2. The van der Waals surface area contributed by atoms with Crippen LogP contribution in [0.15, 0.2) is 55.7 Å². The van der Waals surface area contributed by atoms with Gasteiger partial charge < -0.3 is 9.47 Å². The average Bonchev–Trinajstić information content (AvgIpc) is 3.14. The van der Waals surface area contributed by atoms with Crippen molar-refractivity contribution >= 4 is 34.7 Å². The summed E-state index contributed by atoms with van der Waals surface area (Å²) in [5.74, 6) is 0.831. The molecule has 0 spiro atoms. The Balaban J connectivity index is 1.58. The van der Waals surface area contributed by atoms with Gasteiger partial charge in [0.15, 0.2) is 5.52 Å². The topological polar surface area (TPSA) is 60.6 Å². The quantitative estimate of drug-likeness (QED) is 0.577. The van der Waals surface area contributed by atoms with E-state index in [1.54, 1.807) is 30.8 Å². The lowest BCUT2D eigenvalue weighted by atomic mass is 10.3. The maximum absolute atomic E-state index is 5.82. The Morgan fingerprint density at radius 1 is 1.04 bits per heavy atom. The largest absolute Gasteiger partial charge is 0.497 e. The molecule has 1 aliphatic rings. The third kappa shape index (κ3) is 4.24. The van der Waals surface area contributed by atoms with Gasteiger partial charge in [-0.3, -0.25) is 0 Å². The Bertz CT molecular complexity index is 923. The van der Waals surface area contributed by atoms with E-state index >= 15 is 0 Å². The van der Waals surface area contributed by atoms with Gasteiger partial charge in [-0.1, -0.05) is 17.8 Å². The third-order valence-electron chi connectivity index (χ3n) is 4.22. The van der Waals surface area contributed by atoms with Gasteiger partial charge in [0, 0.05) is 22.9 Å². The van der Waals surface area contributed by atoms with Gasteiger partial charge in [0.1, 0.15) is 11.3 Å². The molecule has 2 unspecified atom stereocenters. The highest BCUT2D eigenvalue weighted by Crippen LogP contribution is 2.38. The van der Waals surface area contributed by atoms with Gasteiger partial charge in [0.25, 0.3) is 0 Å². The highest BCUT2D eigenvalue weighted by molar-refractivity contribution is 7.99. The number of methoxy groups -OCH3 is 1. The highest BCUT2D eigenvalue weighted by atomic mass is 32.2. The standard InChI is InChI=1S/C19H21N3O3S2/c1-12-10-22(11-13(2)24-12)27-17-8-7-16(18-19(17)21-25-20-18)26-15-6-4-5-14(9-15)23-3/h4-9,12-13H,10-11H2,1-3H3. The second kappa shape index (κ2) is 8.10. The van der Waals surface area contributed by atoms with Crippen LogP contribution in [0.5, 0.6) is 5.75 Å². The molecule has 0 aliphatic carbocycles. The number of fused-ring (bicyclic) bond motifs is 1. The van der Waals surface area contributed by atoms with Gasteiger partial charge >= 0.3 is 0 Å². The summed E-state index contributed by atoms with van der Waals surface area (Å²) < 4.78 is 18.5. The zero-order valence-electron chi connectivity index (χ0n) is 15.4. The summed E-state index contributed by atoms with van der Waals surface area (Å²) in [6, 6.07) is 12.1. The Kier molecular flexibility index (Phi) is 5.58. The van der Waals surface area contributed by atoms with Crippen LogP contribution in [0.3, 0.4) is 0 Å². The van der Waals surface area contributed by atoms with E-state index in [9.17, 15) is 0 Å². The SMILES string of the molecule is COc1cccc(Sc2ccc(SN3CC(C)OC(C)C3)c3nonc23)c1. The van der Waals surface area contributed by atoms with E-state index in [0.717, 1.165) is 44.6 Å². The number of aromatic nitrogens is 2. The lowest BCUT2D eigenvalue weighted by molar-refractivity contribution is -0.0414. The fourth-order valence-electron chi connectivity index (χ4n) is 3.11. The summed E-state index contributed by atoms with van der Waals surface area (Å²) in [6.45, 7) is 5.96. The molecule has 0 saturated carbocycles. The number of nitrogens with zero attached hydrogens (tertiary/aromatic N) is 3. The number of ether oxygens (including phenoxy) is 2. The van der Waals surface area contributed by atoms with Crippen molar-refractivity contribution in [2.24, 2.45) is 0 Å². The molecule has 0 bridgehead atoms. The van der Waals surface area contributed by atoms with Gasteiger partial charge in [-0.05, 0) is 66.4 Å². The lowest BCUT2D eigenvalue weighted by Gasteiger charge is -2.34. The van der Waals surface area contributed by atoms with Crippen molar-refractivity contribution in [1.29, 1.82) is 0 Å². The molecule has 2 heterocycles. The van der Waals surface area contributed by atoms with Crippen LogP contribution < -0.4 is 4.74 Å². The monoisotopic (exact) mass is 403 g/mol. The minimum absolute atomic E-state index is 0.218. The third-order valence-corrected chi connectivity index (χ3v) is 6.35. The van der Waals surface area contributed by atoms with E-state index in [-0.39, 0.29) is 12.2 Å². The summed E-state index contributed by atoms with van der Waals surface area (Å²) >= 11 is 3.31. The molecular weight excluding hydrogens is 382 g/mol. The number of hydrogen-bond acceptors (Lipinski definition) is 8. The molecule has 2 atom stereocenters. The molecule has 0 radical (unpaired) electrons. The molecule has 1 saturated heterocycles. The average molecular weight is 404 g/mol. The second-order valence-electron chi connectivity index (χ2n) is 6.50. The Morgan fingerprint density at radius 3 is 2.48 bits per heavy atom. The molecule has 1 fully saturated rings. The molecule has 2 aromatic carbocycles. The zero-order chi connectivity index (χ0) is 18.8. The van der Waals surface area contributed by atoms with Crippen molar-refractivity contribution in [3.05, 3.63) is 36.4 Å². The van der Waals surface area contributed by atoms with Gasteiger partial charge in [0.2, 0.25) is 0 Å². The van der Waals surface area contributed by atoms with Crippen LogP contribution >= 0.6 is 23.7 Å². The van der Waals surface area contributed by atoms with Crippen molar-refractivity contribution < 1.29 is 14.1 Å². The highest BCUT2D eigenvalue weighted by Gasteiger charge is 2.24. The molecule has 142 valence electrons. The molecular formula is C19H21N3O3S2. The second-order valence-corrected chi connectivity index (χ2v) is 8.75. The van der Waals surface area contributed by atoms with E-state index in [1.807, 2.05) is 24.3 Å². The first kappa shape index (κ1) is 18.6. The summed E-state index contributed by atoms with van der Waals surface area (Å²) in [6.07, 6.45) is 0.435. The van der Waals surface area contributed by atoms with Crippen molar-refractivity contribution in [3.8, 4) is 5.75 Å². The van der Waals surface area contributed by atoms with Crippen LogP contribution in [0.4, 0.5) is 0 Å². The Hall–Kier alpha value is -1.74. The van der Waals surface area contributed by atoms with E-state index in [1.165, 1.54) is 0 Å². The normalized spacial score (nSPS) is 20.9. The van der Waals surface area contributed by atoms with Gasteiger partial charge in [-0.15, -0.1) is 0 Å². The first-order valence-corrected chi connectivity index (χ1v) is 10.4. The van der Waals surface area contributed by atoms with E-state index in [2.05, 4.69) is 40.6 Å². The molecule has 6 nitrogen and oxygen atoms in total. The minimum atomic E-state index is 0.218. The Morgan fingerprint density at radius 2 is 1.74 bits per heavy atom. The van der Waals surface area contributed by atoms with Crippen LogP contribution in [-0.2, 0) is 4.74 Å². The van der Waals surface area contributed by atoms with Crippen LogP contribution in [-0.4, -0.2) is 47.0 Å². The fraction of sp³-hybridized carbons (Fsp3) is 0.368. The minimum Gasteiger partial charge on any atom is -0.497 e. The number of rotatable bonds is 5. The molecule has 27 heavy (non-hydrogen) atoms. The molecule has 8 heteroatoms. The summed E-state index contributed by atoms with van der Waals surface area (Å²) in [4.78, 5) is 3.13. The zero-order valence-corrected chi connectivity index (χ0v) is 17.0. The van der Waals surface area contributed by atoms with Crippen LogP contribution in [0.25, 0.3) is 11.0 Å². The van der Waals surface area contributed by atoms with Crippen molar-refractivity contribution in [1.82, 2.24) is 14.6 Å². The number of hydrogen-bond donors (Lipinski definition) is 0. The van der Waals surface area contributed by atoms with E-state index < -0.39 is 0 Å². The first-order valence-electron chi connectivity index (χ1n) is 8.78. The van der Waals surface area contributed by atoms with Crippen LogP contribution in [0, 0.1) is 0 Å². The summed E-state index contributed by atoms with van der Waals surface area (Å²) in [5.41, 5.74) is 1.57. The lowest BCUT2D eigenvalue weighted by Crippen LogP contribution is -2.41. The molecule has 4 rings (SSSR count). The molecule has 3 aromatic rings. The van der Waals surface area contributed by atoms with Crippen molar-refractivity contribution in [3.63, 3.8) is 0 Å². The molecule has 0 N–H and O–H groups in total. The first-order chi connectivity index (χ1) is 13.1. The molecule has 1 aliphatic heterocycles. The van der Waals surface area contributed by atoms with Crippen LogP contribution in [0.2, 0.25) is 0 Å². The van der Waals surface area contributed by atoms with Gasteiger partial charge in [0.05, 0.1) is 24.2 Å². The summed E-state index contributed by atoms with van der Waals surface area (Å²) in [7, 11) is 1.67. The van der Waals surface area contributed by atoms with Gasteiger partial charge in [-0.25, -0.2) is 8.93 Å². The van der Waals surface area contributed by atoms with Crippen LogP contribution in [0.1, 0.15) is 13.8 Å². The maximum Gasteiger partial charge on any atom is 0.151 e. The van der Waals surface area contributed by atoms with E-state index in [4.69, 9.17) is 14.1 Å². The molecule has 1 aromatic heterocycles. The Labute approximate surface area is 166 Å². The molecule has 0 amide bonds. The van der Waals surface area contributed by atoms with Crippen molar-refractivity contribution in [2.75, 3.05) is 20.2 Å². The predicted molar refractivity (Wildman–Crippen MR) is 106 cm³/mol. The van der Waals surface area contributed by atoms with Gasteiger partial charge in [-0.2, -0.15) is 0 Å².